The smallest absolute Gasteiger partial charge is 0.207 e. The lowest BCUT2D eigenvalue weighted by molar-refractivity contribution is -0.677. The zero-order valence-corrected chi connectivity index (χ0v) is 30.9. The summed E-state index contributed by atoms with van der Waals surface area (Å²) in [5, 5.41) is 0. The minimum Gasteiger partial charge on any atom is -0.207 e. The molecule has 0 amide bonds. The molecule has 332 valence electrons. The molecule has 0 aliphatic heterocycles. The first-order chi connectivity index (χ1) is 30.1. The molecular formula is C42H16BF20N. The Morgan fingerprint density at radius 1 is 0.281 bits per heavy atom. The van der Waals surface area contributed by atoms with E-state index in [2.05, 4.69) is 83.6 Å². The Bertz CT molecular complexity index is 2580. The Morgan fingerprint density at radius 3 is 0.828 bits per heavy atom. The first kappa shape index (κ1) is 46.6. The summed E-state index contributed by atoms with van der Waals surface area (Å²) in [6.07, 6.45) is -5.08. The maximum atomic E-state index is 15.4. The van der Waals surface area contributed by atoms with E-state index < -0.39 is 144 Å². The van der Waals surface area contributed by atoms with Crippen LogP contribution in [0.1, 0.15) is 5.56 Å². The third-order valence-corrected chi connectivity index (χ3v) is 9.91. The molecule has 1 heterocycles. The summed E-state index contributed by atoms with van der Waals surface area (Å²) in [5.41, 5.74) is -10.5. The van der Waals surface area contributed by atoms with Gasteiger partial charge in [-0.25, -0.2) is 87.8 Å². The molecule has 0 bridgehead atoms. The molecule has 1 aromatic heterocycles. The van der Waals surface area contributed by atoms with Crippen molar-refractivity contribution in [1.29, 1.82) is 0 Å². The average molecular weight is 925 g/mol. The van der Waals surface area contributed by atoms with Crippen LogP contribution in [0.2, 0.25) is 0 Å². The molecule has 0 saturated carbocycles. The molecule has 0 radical (unpaired) electrons. The van der Waals surface area contributed by atoms with Crippen molar-refractivity contribution < 1.29 is 92.4 Å². The lowest BCUT2D eigenvalue weighted by Gasteiger charge is -2.44. The van der Waals surface area contributed by atoms with Gasteiger partial charge in [0, 0.05) is 23.3 Å². The van der Waals surface area contributed by atoms with E-state index in [9.17, 15) is 52.7 Å². The van der Waals surface area contributed by atoms with Gasteiger partial charge in [0.15, 0.2) is 82.5 Å². The van der Waals surface area contributed by atoms with Gasteiger partial charge in [-0.3, -0.25) is 0 Å². The van der Waals surface area contributed by atoms with Gasteiger partial charge in [-0.05, 0) is 18.2 Å². The van der Waals surface area contributed by atoms with Crippen LogP contribution < -0.4 is 26.4 Å². The van der Waals surface area contributed by atoms with E-state index in [-0.39, 0.29) is 0 Å². The van der Waals surface area contributed by atoms with Crippen molar-refractivity contribution in [2.45, 2.75) is 6.54 Å². The van der Waals surface area contributed by atoms with E-state index in [1.54, 1.807) is 0 Å². The predicted octanol–water partition coefficient (Wildman–Crippen LogP) is 9.54. The Kier molecular flexibility index (Phi) is 12.9. The fraction of sp³-hybridized carbons (Fsp3) is 0.0238. The maximum absolute atomic E-state index is 15.4. The van der Waals surface area contributed by atoms with Crippen LogP contribution in [0.3, 0.4) is 0 Å². The van der Waals surface area contributed by atoms with Crippen LogP contribution in [0.25, 0.3) is 11.3 Å². The van der Waals surface area contributed by atoms with Crippen molar-refractivity contribution in [1.82, 2.24) is 0 Å². The SMILES string of the molecule is Fc1c(F)c(F)c([B-](c2c(F)c(F)c(F)c(F)c2F)(c2c(F)c(F)c(F)c(F)c2F)c2c(F)c(F)c(F)c(F)c2F)c(F)c1F.c1ccc(C[n+]2ccccc2-c2ccccc2)cc1. The minimum atomic E-state index is -7.22. The summed E-state index contributed by atoms with van der Waals surface area (Å²) in [4.78, 5) is 0. The number of aromatic nitrogens is 1. The van der Waals surface area contributed by atoms with Gasteiger partial charge in [0.25, 0.3) is 0 Å². The van der Waals surface area contributed by atoms with Gasteiger partial charge in [0.1, 0.15) is 52.7 Å². The largest absolute Gasteiger partial charge is 0.212 e. The van der Waals surface area contributed by atoms with E-state index in [4.69, 9.17) is 0 Å². The number of pyridine rings is 1. The highest BCUT2D eigenvalue weighted by molar-refractivity contribution is 7.20. The van der Waals surface area contributed by atoms with Crippen LogP contribution in [0.4, 0.5) is 87.8 Å². The second-order valence-corrected chi connectivity index (χ2v) is 13.4. The average Bonchev–Trinajstić information content (AvgIpc) is 3.30. The first-order valence-corrected chi connectivity index (χ1v) is 17.4. The third-order valence-electron chi connectivity index (χ3n) is 9.91. The highest BCUT2D eigenvalue weighted by Crippen LogP contribution is 2.31. The Morgan fingerprint density at radius 2 is 0.531 bits per heavy atom. The lowest BCUT2D eigenvalue weighted by Crippen LogP contribution is -2.81. The Labute approximate surface area is 345 Å². The molecular weight excluding hydrogens is 909 g/mol. The highest BCUT2D eigenvalue weighted by atomic mass is 19.2. The number of benzene rings is 6. The van der Waals surface area contributed by atoms with E-state index >= 15 is 35.1 Å². The molecule has 7 aromatic rings. The highest BCUT2D eigenvalue weighted by Gasteiger charge is 2.52. The van der Waals surface area contributed by atoms with Crippen LogP contribution in [0, 0.1) is 116 Å². The quantitative estimate of drug-likeness (QED) is 0.0494. The Balaban J connectivity index is 0.000000295. The van der Waals surface area contributed by atoms with Gasteiger partial charge >= 0.3 is 0 Å². The van der Waals surface area contributed by atoms with Gasteiger partial charge in [-0.15, -0.1) is 21.9 Å². The number of nitrogens with zero attached hydrogens (tertiary/aromatic N) is 1. The zero-order valence-electron chi connectivity index (χ0n) is 30.9. The van der Waals surface area contributed by atoms with Crippen molar-refractivity contribution in [2.75, 3.05) is 0 Å². The van der Waals surface area contributed by atoms with Gasteiger partial charge in [-0.2, -0.15) is 4.57 Å². The number of rotatable bonds is 7. The van der Waals surface area contributed by atoms with Crippen molar-refractivity contribution in [3.05, 3.63) is 207 Å². The van der Waals surface area contributed by atoms with Gasteiger partial charge in [0.05, 0.1) is 0 Å². The van der Waals surface area contributed by atoms with E-state index in [1.807, 2.05) is 6.07 Å². The molecule has 0 N–H and O–H groups in total. The summed E-state index contributed by atoms with van der Waals surface area (Å²) < 4.78 is 296. The van der Waals surface area contributed by atoms with Crippen molar-refractivity contribution in [3.8, 4) is 11.3 Å². The third kappa shape index (κ3) is 7.36. The normalized spacial score (nSPS) is 11.5. The molecule has 0 saturated heterocycles. The second-order valence-electron chi connectivity index (χ2n) is 13.4. The van der Waals surface area contributed by atoms with Crippen LogP contribution in [-0.2, 0) is 6.54 Å². The van der Waals surface area contributed by atoms with Gasteiger partial charge < -0.3 is 0 Å². The maximum Gasteiger partial charge on any atom is 0.212 e. The molecule has 7 rings (SSSR count). The van der Waals surface area contributed by atoms with Crippen LogP contribution in [0.5, 0.6) is 0 Å². The molecule has 0 aliphatic carbocycles. The predicted molar refractivity (Wildman–Crippen MR) is 187 cm³/mol. The first-order valence-electron chi connectivity index (χ1n) is 17.4. The van der Waals surface area contributed by atoms with E-state index in [0.717, 1.165) is 6.54 Å². The van der Waals surface area contributed by atoms with Crippen molar-refractivity contribution in [2.24, 2.45) is 0 Å². The van der Waals surface area contributed by atoms with Gasteiger partial charge in [-0.1, -0.05) is 48.5 Å². The second kappa shape index (κ2) is 17.7. The van der Waals surface area contributed by atoms with Crippen molar-refractivity contribution >= 4 is 28.0 Å². The van der Waals surface area contributed by atoms with Crippen LogP contribution in [-0.4, -0.2) is 6.15 Å². The van der Waals surface area contributed by atoms with E-state index in [0.29, 0.717) is 0 Å². The van der Waals surface area contributed by atoms with Crippen LogP contribution in [0.15, 0.2) is 85.1 Å². The molecule has 0 unspecified atom stereocenters. The summed E-state index contributed by atoms with van der Waals surface area (Å²) in [6, 6.07) is 27.4. The lowest BCUT2D eigenvalue weighted by atomic mass is 9.12. The van der Waals surface area contributed by atoms with Crippen molar-refractivity contribution in [3.63, 3.8) is 0 Å². The molecule has 0 atom stereocenters. The summed E-state index contributed by atoms with van der Waals surface area (Å²) >= 11 is 0. The summed E-state index contributed by atoms with van der Waals surface area (Å²) in [7, 11) is 0. The fourth-order valence-electron chi connectivity index (χ4n) is 7.14. The standard InChI is InChI=1S/C24BF20.C18H16N/c26-5-1(6(27)14(35)21(42)13(5)34)25(2-7(28)15(36)22(43)16(37)8(2)29,3-9(30)17(38)23(44)18(39)10(3)31)4-11(32)19(40)24(45)20(41)12(4)33;1-3-9-16(10-4-1)15-19-14-8-7-13-18(19)17-11-5-2-6-12-17/h;1-14H,15H2/q-1;+1. The topological polar surface area (TPSA) is 3.88 Å². The zero-order chi connectivity index (χ0) is 47.3. The summed E-state index contributed by atoms with van der Waals surface area (Å²) in [5.74, 6) is -71.4. The molecule has 0 fully saturated rings. The molecule has 0 aliphatic rings. The molecule has 1 nitrogen and oxygen atoms in total. The number of hydrogen-bond acceptors (Lipinski definition) is 0. The van der Waals surface area contributed by atoms with Gasteiger partial charge in [0.2, 0.25) is 5.69 Å². The van der Waals surface area contributed by atoms with E-state index in [1.165, 1.54) is 16.8 Å². The minimum absolute atomic E-state index is 0.895. The molecule has 6 aromatic carbocycles. The molecule has 22 heteroatoms. The van der Waals surface area contributed by atoms with Crippen LogP contribution >= 0.6 is 0 Å². The number of hydrogen-bond donors (Lipinski definition) is 0. The number of halogens is 20. The monoisotopic (exact) mass is 925 g/mol. The summed E-state index contributed by atoms with van der Waals surface area (Å²) in [6.45, 7) is 0.895. The Hall–Kier alpha value is -6.87. The molecule has 0 spiro atoms. The fourth-order valence-corrected chi connectivity index (χ4v) is 7.14. The molecule has 64 heavy (non-hydrogen) atoms.